The number of hydrogen-bond donors (Lipinski definition) is 12. The Kier molecular flexibility index (Phi) is 35.8. The van der Waals surface area contributed by atoms with Crippen molar-refractivity contribution < 1.29 is 141 Å². The topological polar surface area (TPSA) is 589 Å². The molecule has 5 aromatic carbocycles. The maximum absolute atomic E-state index is 14.2. The Morgan fingerprint density at radius 2 is 1.40 bits per heavy atom. The third kappa shape index (κ3) is 28.9. The number of ether oxygens (including phenoxy) is 1. The van der Waals surface area contributed by atoms with Crippen molar-refractivity contribution >= 4 is 173 Å². The van der Waals surface area contributed by atoms with Crippen molar-refractivity contribution in [3.63, 3.8) is 0 Å². The molecule has 4 aromatic heterocycles. The molecule has 6 atom stereocenters. The third-order valence-corrected chi connectivity index (χ3v) is 25.4. The van der Waals surface area contributed by atoms with Gasteiger partial charge in [-0.15, -0.1) is 0 Å². The summed E-state index contributed by atoms with van der Waals surface area (Å²) in [7, 11) is -1.73. The number of aryl methyl sites for hydroxylation is 3. The van der Waals surface area contributed by atoms with E-state index in [1.54, 1.807) is 30.0 Å². The minimum atomic E-state index is -3.93. The number of guanidine groups is 1. The first-order valence-corrected chi connectivity index (χ1v) is 44.3. The summed E-state index contributed by atoms with van der Waals surface area (Å²) in [5.41, 5.74) is 23.9. The Bertz CT molecular complexity index is 5850. The zero-order valence-electron chi connectivity index (χ0n) is 69.9. The van der Waals surface area contributed by atoms with Crippen LogP contribution in [-0.2, 0) is 100 Å². The number of nitrogens with two attached hydrogens (primary N) is 3. The Morgan fingerprint density at radius 3 is 2.08 bits per heavy atom. The van der Waals surface area contributed by atoms with Crippen molar-refractivity contribution in [1.82, 2.24) is 40.5 Å². The molecule has 15 N–H and O–H groups in total. The maximum atomic E-state index is 14.2. The molecule has 6 unspecified atom stereocenters. The standard InChI is InChI=1S/C45H58IN10O16S2.C40H37N4O6S.V/c1-45(2,74-73-15-14-72-42(46)71)27(41(69)70)18-32(59)29(20-35(63)64)54-38(65)24(4-3-13-50-43(47)48)16-31(58)28(19-34(61)62)53-33(60)12-10-25(40(67)68)17-30(57)23-8-5-22(6-9-23)7-11-26-21-51-37-36(52-26)39(66)56-44(49)55-37;1-24-16-37-39(32-10-6-5-9-31(24)32)30(23-50-51(48,49)15-14-25(2)41-21-26(3)45)22-44(37)40(47)36-20-29-17-27(12-13-34(29)43-36)18-38(46)35-19-28-8-4-7-11-33(28)42-35;/h5-6,8-9,21,24-25,27-29,46H,3-4,7,10-20H2,1-2H3,(H,53,60)(H,54,65)(H,61,62)(H,63,64)(H,67,68)(H,69,70)(H4,47,48,50)(H3,49,51,55,56,66);4-13,16-17,19-20,30,42-43H,3,14-15,18,21-23H2,1-2H3;/q2*-1;/i46D;;. The number of carboxylic acid groups (broad SMARTS) is 4. The van der Waals surface area contributed by atoms with E-state index < -0.39 is 181 Å². The van der Waals surface area contributed by atoms with Gasteiger partial charge >= 0.3 is 164 Å². The summed E-state index contributed by atoms with van der Waals surface area (Å²) >= 11 is -1.51. The van der Waals surface area contributed by atoms with Gasteiger partial charge in [0.25, 0.3) is 21.6 Å². The maximum Gasteiger partial charge on any atom is 0.274 e. The Hall–Kier alpha value is -11.7. The molecule has 5 heterocycles. The molecular weight excluding hydrogens is 1840 g/mol. The van der Waals surface area contributed by atoms with Crippen molar-refractivity contribution in [3.05, 3.63) is 178 Å². The summed E-state index contributed by atoms with van der Waals surface area (Å²) in [6.07, 6.45) is -2.56. The van der Waals surface area contributed by atoms with Gasteiger partial charge in [-0.25, -0.2) is 9.97 Å². The predicted octanol–water partition coefficient (Wildman–Crippen LogP) is 4.80. The van der Waals surface area contributed by atoms with Gasteiger partial charge in [-0.1, -0.05) is 72.8 Å². The molecule has 0 spiro atoms. The van der Waals surface area contributed by atoms with Gasteiger partial charge in [-0.2, -0.15) is 13.4 Å². The number of carbonyl (C=O) groups is 13. The molecule has 126 heavy (non-hydrogen) atoms. The van der Waals surface area contributed by atoms with Crippen molar-refractivity contribution in [2.24, 2.45) is 39.2 Å². The van der Waals surface area contributed by atoms with E-state index in [0.29, 0.717) is 41.3 Å². The van der Waals surface area contributed by atoms with Gasteiger partial charge < -0.3 is 64.4 Å². The van der Waals surface area contributed by atoms with Gasteiger partial charge in [0, 0.05) is 120 Å². The van der Waals surface area contributed by atoms with Crippen molar-refractivity contribution in [1.29, 1.82) is 0.594 Å². The molecule has 0 saturated carbocycles. The molecule has 1 aliphatic rings. The molecule has 0 saturated heterocycles. The number of hydrogen-bond acceptors (Lipinski definition) is 26. The van der Waals surface area contributed by atoms with Crippen LogP contribution in [0.4, 0.5) is 16.4 Å². The van der Waals surface area contributed by atoms with Crippen LogP contribution < -0.4 is 60.7 Å². The van der Waals surface area contributed by atoms with Gasteiger partial charge in [0.2, 0.25) is 17.8 Å². The van der Waals surface area contributed by atoms with Crippen molar-refractivity contribution in [2.45, 2.75) is 134 Å². The average Bonchev–Trinajstić information content (AvgIpc) is 1.59. The van der Waals surface area contributed by atoms with Gasteiger partial charge in [-0.3, -0.25) is 67.1 Å². The number of amides is 3. The van der Waals surface area contributed by atoms with Crippen molar-refractivity contribution in [3.8, 4) is 0 Å². The Labute approximate surface area is 755 Å². The molecule has 36 nitrogen and oxygen atoms in total. The molecule has 669 valence electrons. The van der Waals surface area contributed by atoms with E-state index in [4.69, 9.17) is 26.7 Å². The number of rotatable bonds is 47. The molecule has 41 heteroatoms. The van der Waals surface area contributed by atoms with E-state index in [0.717, 1.165) is 76.4 Å². The molecule has 0 bridgehead atoms. The predicted molar refractivity (Wildman–Crippen MR) is 465 cm³/mol. The fourth-order valence-electron chi connectivity index (χ4n) is 14.0. The molecule has 3 amide bonds. The minimum absolute atomic E-state index is 0. The number of Topliss-reactive ketones (excluding diaryl/α,β-unsaturated/α-hetero) is 5. The summed E-state index contributed by atoms with van der Waals surface area (Å²) in [5.74, 6) is -16.1. The van der Waals surface area contributed by atoms with Crippen LogP contribution in [0.25, 0.3) is 43.7 Å². The van der Waals surface area contributed by atoms with E-state index in [-0.39, 0.29) is 135 Å². The first-order valence-electron chi connectivity index (χ1n) is 39.7. The number of carbonyl (C=O) groups excluding carboxylic acids is 9. The molecular formula is C85H95IN14O22S3V-2. The number of fused-ring (bicyclic) bond motifs is 6. The Morgan fingerprint density at radius 1 is 0.746 bits per heavy atom. The number of benzene rings is 5. The Balaban J connectivity index is 0.000000332. The second kappa shape index (κ2) is 46.0. The van der Waals surface area contributed by atoms with Crippen LogP contribution in [0.5, 0.6) is 0 Å². The van der Waals surface area contributed by atoms with E-state index in [9.17, 15) is 96.0 Å². The fraction of sp³-hybridized carbons (Fsp3) is 0.365. The van der Waals surface area contributed by atoms with Gasteiger partial charge in [0.05, 0.1) is 54.9 Å². The molecule has 0 fully saturated rings. The second-order valence-electron chi connectivity index (χ2n) is 30.4. The number of nitrogen functional groups attached to an aromatic ring is 1. The first-order chi connectivity index (χ1) is 59.7. The van der Waals surface area contributed by atoms with E-state index >= 15 is 0 Å². The summed E-state index contributed by atoms with van der Waals surface area (Å²) < 4.78 is 41.6. The smallest absolute Gasteiger partial charge is 0.274 e. The number of nitrogens with one attached hydrogen (secondary N) is 5. The van der Waals surface area contributed by atoms with Crippen LogP contribution in [0.2, 0.25) is 0 Å². The summed E-state index contributed by atoms with van der Waals surface area (Å²) in [6, 6.07) is 29.7. The number of anilines is 2. The number of H-pyrrole nitrogens is 3. The number of aromatic amines is 3. The van der Waals surface area contributed by atoms with E-state index in [1.165, 1.54) is 32.2 Å². The number of carboxylic acids is 4. The van der Waals surface area contributed by atoms with Crippen LogP contribution in [0, 0.1) is 31.6 Å². The first kappa shape index (κ1) is 98.1. The number of ketones is 5. The largest absolute Gasteiger partial charge is 0.352 e. The SMILES string of the molecule is [2H][I-]C(=O)OCCSSC(C)(C)C(CC(=O)C(CC(=O)O)NC(=O)C(CCCN=C(N)N)CC(=O)C(CC(=O)O)NC(=O)CCC(CC(=O)c1ccc(CCc2cnc3nc(N)[nH]c(=O)c3n2)cc1)C(=O)O)C(=O)O.[CH2-]C(=O)CN=C(C)CCS(=O)(=O)OCC1CN(C(=O)c2cc3cc(CC(=O)c4cc5ccccc5[nH]4)ccc3[nH]2)c2cc(C)c3ccccc3c21.[V]. The molecule has 1 radical (unpaired) electrons. The average molecular weight is 1940 g/mol. The second-order valence-corrected chi connectivity index (χ2v) is 36.1. The number of para-hydroxylation sites is 1. The summed E-state index contributed by atoms with van der Waals surface area (Å²) in [4.78, 5) is 209. The molecule has 10 rings (SSSR count). The number of aliphatic imine (C=N–C) groups is 2. The van der Waals surface area contributed by atoms with Crippen LogP contribution in [-0.4, -0.2) is 207 Å². The zero-order valence-corrected chi connectivity index (χ0v) is 74.9. The monoisotopic (exact) mass is 1940 g/mol. The van der Waals surface area contributed by atoms with Crippen molar-refractivity contribution in [2.75, 3.05) is 55.0 Å². The third-order valence-electron chi connectivity index (χ3n) is 20.6. The molecule has 9 aromatic rings. The quantitative estimate of drug-likeness (QED) is 0.00280. The van der Waals surface area contributed by atoms with Gasteiger partial charge in [0.15, 0.2) is 34.5 Å². The van der Waals surface area contributed by atoms with Crippen LogP contribution in [0.1, 0.15) is 150 Å². The summed E-state index contributed by atoms with van der Waals surface area (Å²) in [6.45, 7) is 9.88. The normalized spacial score (nSPS) is 13.9. The number of halogens is 1. The zero-order chi connectivity index (χ0) is 91.9. The minimum Gasteiger partial charge on any atom is -0.352 e. The number of aromatic nitrogens is 6. The van der Waals surface area contributed by atoms with Gasteiger partial charge in [-0.05, 0) is 115 Å². The molecule has 0 aliphatic carbocycles. The van der Waals surface area contributed by atoms with Crippen LogP contribution >= 0.6 is 21.6 Å². The van der Waals surface area contributed by atoms with Crippen LogP contribution in [0.3, 0.4) is 0 Å². The number of aliphatic carboxylic acids is 4. The van der Waals surface area contributed by atoms with Crippen LogP contribution in [0.15, 0.2) is 130 Å². The molecule has 1 aliphatic heterocycles. The summed E-state index contributed by atoms with van der Waals surface area (Å²) in [5, 5.41) is 47.8. The fourth-order valence-corrected chi connectivity index (χ4v) is 17.9. The van der Waals surface area contributed by atoms with E-state index in [1.807, 2.05) is 85.8 Å². The van der Waals surface area contributed by atoms with E-state index in [2.05, 4.69) is 57.4 Å². The number of nitrogens with zero attached hydrogens (tertiary/aromatic N) is 6. The van der Waals surface area contributed by atoms with Gasteiger partial charge in [0.1, 0.15) is 5.69 Å².